The molecule has 0 saturated carbocycles. The highest BCUT2D eigenvalue weighted by molar-refractivity contribution is 5.77. The first-order chi connectivity index (χ1) is 14.5. The molecule has 3 aliphatic heterocycles. The molecule has 0 spiro atoms. The molecule has 166 valence electrons. The maximum atomic E-state index is 15.9. The molecule has 1 aromatic rings. The standard InChI is InChI=1S/C23H34F2N4O/c1-14-21(24)17(26-2)13-19(27-14)28-18-12-16-7-5-11-30-23(16)20(22(18)25)15-6-4-9-29(3)10-8-15/h8,12,14,17,19,21,26-28H,4-7,9-11,13H2,1-3H3. The number of anilines is 1. The van der Waals surface area contributed by atoms with Crippen molar-refractivity contribution >= 4 is 11.3 Å². The van der Waals surface area contributed by atoms with Crippen molar-refractivity contribution in [2.45, 2.75) is 63.4 Å². The highest BCUT2D eigenvalue weighted by Gasteiger charge is 2.35. The summed E-state index contributed by atoms with van der Waals surface area (Å²) in [7, 11) is 3.86. The maximum absolute atomic E-state index is 15.9. The highest BCUT2D eigenvalue weighted by Crippen LogP contribution is 2.41. The Kier molecular flexibility index (Phi) is 6.60. The third kappa shape index (κ3) is 4.34. The summed E-state index contributed by atoms with van der Waals surface area (Å²) in [6.45, 7) is 4.27. The molecule has 30 heavy (non-hydrogen) atoms. The molecular weight excluding hydrogens is 386 g/mol. The van der Waals surface area contributed by atoms with Gasteiger partial charge in [-0.2, -0.15) is 0 Å². The number of fused-ring (bicyclic) bond motifs is 1. The van der Waals surface area contributed by atoms with E-state index in [1.807, 2.05) is 13.0 Å². The average molecular weight is 421 g/mol. The minimum absolute atomic E-state index is 0.205. The van der Waals surface area contributed by atoms with Crippen LogP contribution in [0.5, 0.6) is 5.75 Å². The Balaban J connectivity index is 1.67. The number of nitrogens with zero attached hydrogens (tertiary/aromatic N) is 1. The minimum atomic E-state index is -0.974. The van der Waals surface area contributed by atoms with Crippen molar-refractivity contribution in [2.75, 3.05) is 39.1 Å². The fourth-order valence-electron chi connectivity index (χ4n) is 4.88. The van der Waals surface area contributed by atoms with E-state index in [4.69, 9.17) is 4.74 Å². The van der Waals surface area contributed by atoms with Gasteiger partial charge in [-0.25, -0.2) is 8.78 Å². The van der Waals surface area contributed by atoms with Gasteiger partial charge in [0.2, 0.25) is 0 Å². The molecule has 1 saturated heterocycles. The lowest BCUT2D eigenvalue weighted by atomic mass is 9.92. The summed E-state index contributed by atoms with van der Waals surface area (Å²) in [6, 6.07) is 1.32. The monoisotopic (exact) mass is 420 g/mol. The Bertz CT molecular complexity index is 800. The third-order valence-electron chi connectivity index (χ3n) is 6.60. The molecule has 0 aromatic heterocycles. The van der Waals surface area contributed by atoms with Crippen LogP contribution in [-0.4, -0.2) is 63.1 Å². The van der Waals surface area contributed by atoms with Gasteiger partial charge in [-0.1, -0.05) is 6.08 Å². The SMILES string of the molecule is CNC1CC(Nc2cc3c(c(C4=CCN(C)CCC4)c2F)OCCC3)NC(C)C1F. The number of allylic oxidation sites excluding steroid dienone is 1. The Hall–Kier alpha value is -1.70. The maximum Gasteiger partial charge on any atom is 0.157 e. The van der Waals surface area contributed by atoms with Crippen LogP contribution >= 0.6 is 0 Å². The van der Waals surface area contributed by atoms with Gasteiger partial charge in [-0.15, -0.1) is 0 Å². The van der Waals surface area contributed by atoms with E-state index in [1.165, 1.54) is 0 Å². The average Bonchev–Trinajstić information content (AvgIpc) is 2.95. The van der Waals surface area contributed by atoms with Crippen LogP contribution in [0.4, 0.5) is 14.5 Å². The predicted octanol–water partition coefficient (Wildman–Crippen LogP) is 3.31. The van der Waals surface area contributed by atoms with E-state index < -0.39 is 6.17 Å². The second-order valence-corrected chi connectivity index (χ2v) is 8.88. The summed E-state index contributed by atoms with van der Waals surface area (Å²) in [5.41, 5.74) is 3.17. The number of aryl methyl sites for hydroxylation is 1. The van der Waals surface area contributed by atoms with Gasteiger partial charge in [0.1, 0.15) is 11.9 Å². The summed E-state index contributed by atoms with van der Waals surface area (Å²) >= 11 is 0. The second-order valence-electron chi connectivity index (χ2n) is 8.88. The third-order valence-corrected chi connectivity index (χ3v) is 6.60. The molecule has 0 aliphatic carbocycles. The van der Waals surface area contributed by atoms with Crippen molar-refractivity contribution < 1.29 is 13.5 Å². The number of piperidine rings is 1. The Morgan fingerprint density at radius 3 is 2.90 bits per heavy atom. The van der Waals surface area contributed by atoms with Crippen LogP contribution in [0.1, 0.15) is 43.7 Å². The van der Waals surface area contributed by atoms with Crippen LogP contribution < -0.4 is 20.7 Å². The second kappa shape index (κ2) is 9.20. The van der Waals surface area contributed by atoms with Crippen LogP contribution in [0.25, 0.3) is 5.57 Å². The molecule has 3 aliphatic rings. The number of ether oxygens (including phenoxy) is 1. The van der Waals surface area contributed by atoms with Gasteiger partial charge >= 0.3 is 0 Å². The van der Waals surface area contributed by atoms with Crippen LogP contribution in [0, 0.1) is 5.82 Å². The zero-order valence-corrected chi connectivity index (χ0v) is 18.2. The lowest BCUT2D eigenvalue weighted by molar-refractivity contribution is 0.143. The minimum Gasteiger partial charge on any atom is -0.493 e. The molecule has 4 rings (SSSR count). The number of rotatable bonds is 4. The van der Waals surface area contributed by atoms with Crippen molar-refractivity contribution in [1.82, 2.24) is 15.5 Å². The van der Waals surface area contributed by atoms with Crippen molar-refractivity contribution in [3.63, 3.8) is 0 Å². The first-order valence-electron chi connectivity index (χ1n) is 11.2. The van der Waals surface area contributed by atoms with Crippen LogP contribution in [-0.2, 0) is 6.42 Å². The molecule has 5 nitrogen and oxygen atoms in total. The summed E-state index contributed by atoms with van der Waals surface area (Å²) < 4.78 is 36.2. The number of hydrogen-bond acceptors (Lipinski definition) is 5. The summed E-state index contributed by atoms with van der Waals surface area (Å²) in [5, 5.41) is 9.64. The van der Waals surface area contributed by atoms with Gasteiger partial charge in [-0.3, -0.25) is 5.32 Å². The lowest BCUT2D eigenvalue weighted by Gasteiger charge is -2.38. The van der Waals surface area contributed by atoms with Crippen molar-refractivity contribution in [3.8, 4) is 5.75 Å². The molecule has 3 heterocycles. The molecule has 1 aromatic carbocycles. The van der Waals surface area contributed by atoms with E-state index in [0.717, 1.165) is 49.9 Å². The molecule has 7 heteroatoms. The van der Waals surface area contributed by atoms with Crippen LogP contribution in [0.15, 0.2) is 12.1 Å². The number of nitrogens with one attached hydrogen (secondary N) is 3. The van der Waals surface area contributed by atoms with E-state index in [-0.39, 0.29) is 24.1 Å². The van der Waals surface area contributed by atoms with Crippen LogP contribution in [0.2, 0.25) is 0 Å². The van der Waals surface area contributed by atoms with Gasteiger partial charge in [0, 0.05) is 18.6 Å². The molecule has 0 amide bonds. The Labute approximate surface area is 178 Å². The highest BCUT2D eigenvalue weighted by atomic mass is 19.1. The first kappa shape index (κ1) is 21.5. The lowest BCUT2D eigenvalue weighted by Crippen LogP contribution is -2.59. The van der Waals surface area contributed by atoms with E-state index in [2.05, 4.69) is 34.0 Å². The number of halogens is 2. The van der Waals surface area contributed by atoms with Crippen molar-refractivity contribution in [3.05, 3.63) is 29.1 Å². The Morgan fingerprint density at radius 2 is 2.10 bits per heavy atom. The molecule has 4 unspecified atom stereocenters. The van der Waals surface area contributed by atoms with Crippen molar-refractivity contribution in [2.24, 2.45) is 0 Å². The normalized spacial score (nSPS) is 30.1. The van der Waals surface area contributed by atoms with Gasteiger partial charge in [0.25, 0.3) is 0 Å². The molecule has 4 atom stereocenters. The number of likely N-dealkylation sites (N-methyl/N-ethyl adjacent to an activating group) is 1. The number of alkyl halides is 1. The number of benzene rings is 1. The smallest absolute Gasteiger partial charge is 0.157 e. The quantitative estimate of drug-likeness (QED) is 0.698. The van der Waals surface area contributed by atoms with E-state index in [0.29, 0.717) is 30.0 Å². The number of hydrogen-bond donors (Lipinski definition) is 3. The van der Waals surface area contributed by atoms with Gasteiger partial charge < -0.3 is 20.3 Å². The van der Waals surface area contributed by atoms with Gasteiger partial charge in [0.05, 0.1) is 24.0 Å². The molecule has 1 fully saturated rings. The van der Waals surface area contributed by atoms with Gasteiger partial charge in [-0.05, 0) is 76.9 Å². The summed E-state index contributed by atoms with van der Waals surface area (Å²) in [5.74, 6) is 0.450. The zero-order valence-electron chi connectivity index (χ0n) is 18.2. The molecule has 0 bridgehead atoms. The van der Waals surface area contributed by atoms with E-state index in [9.17, 15) is 4.39 Å². The topological polar surface area (TPSA) is 48.6 Å². The molecular formula is C23H34F2N4O. The largest absolute Gasteiger partial charge is 0.493 e. The van der Waals surface area contributed by atoms with Crippen molar-refractivity contribution in [1.29, 1.82) is 0 Å². The molecule has 3 N–H and O–H groups in total. The van der Waals surface area contributed by atoms with E-state index >= 15 is 4.39 Å². The predicted molar refractivity (Wildman–Crippen MR) is 117 cm³/mol. The zero-order chi connectivity index (χ0) is 21.3. The fraction of sp³-hybridized carbons (Fsp3) is 0.652. The summed E-state index contributed by atoms with van der Waals surface area (Å²) in [6.07, 6.45) is 5.15. The van der Waals surface area contributed by atoms with Crippen LogP contribution in [0.3, 0.4) is 0 Å². The van der Waals surface area contributed by atoms with E-state index in [1.54, 1.807) is 7.05 Å². The Morgan fingerprint density at radius 1 is 1.27 bits per heavy atom. The van der Waals surface area contributed by atoms with Gasteiger partial charge in [0.15, 0.2) is 5.82 Å². The first-order valence-corrected chi connectivity index (χ1v) is 11.2. The summed E-state index contributed by atoms with van der Waals surface area (Å²) in [4.78, 5) is 2.25. The fourth-order valence-corrected chi connectivity index (χ4v) is 4.88. The molecule has 0 radical (unpaired) electrons.